The number of hydrogen-bond donors (Lipinski definition) is 4. The van der Waals surface area contributed by atoms with Gasteiger partial charge < -0.3 is 16.8 Å². The molecule has 1 aliphatic rings. The highest BCUT2D eigenvalue weighted by Crippen LogP contribution is 2.23. The average Bonchev–Trinajstić information content (AvgIpc) is 2.26. The van der Waals surface area contributed by atoms with Crippen molar-refractivity contribution in [2.45, 2.75) is 31.7 Å². The Hall–Kier alpha value is -1.63. The lowest BCUT2D eigenvalue weighted by Gasteiger charge is -2.27. The quantitative estimate of drug-likeness (QED) is 0.494. The Morgan fingerprint density at radius 2 is 1.65 bits per heavy atom. The van der Waals surface area contributed by atoms with Crippen LogP contribution >= 0.6 is 0 Å². The van der Waals surface area contributed by atoms with Crippen molar-refractivity contribution in [3.8, 4) is 0 Å². The van der Waals surface area contributed by atoms with Gasteiger partial charge in [-0.1, -0.05) is 0 Å². The highest BCUT2D eigenvalue weighted by atomic mass is 16.2. The molecule has 96 valence electrons. The second-order valence-corrected chi connectivity index (χ2v) is 4.24. The minimum absolute atomic E-state index is 0.0486. The molecule has 0 aliphatic heterocycles. The highest BCUT2D eigenvalue weighted by molar-refractivity contribution is 5.94. The number of primary amides is 2. The normalized spacial score (nSPS) is 24.0. The van der Waals surface area contributed by atoms with Crippen molar-refractivity contribution in [1.29, 1.82) is 0 Å². The van der Waals surface area contributed by atoms with Crippen LogP contribution in [0.15, 0.2) is 0 Å². The minimum atomic E-state index is -0.853. The van der Waals surface area contributed by atoms with Gasteiger partial charge in [0.05, 0.1) is 6.54 Å². The van der Waals surface area contributed by atoms with E-state index in [0.29, 0.717) is 0 Å². The van der Waals surface area contributed by atoms with Crippen LogP contribution in [0.2, 0.25) is 0 Å². The van der Waals surface area contributed by atoms with E-state index < -0.39 is 11.9 Å². The van der Waals surface area contributed by atoms with Crippen LogP contribution in [0.4, 0.5) is 4.79 Å². The van der Waals surface area contributed by atoms with E-state index in [1.165, 1.54) is 0 Å². The molecule has 7 heteroatoms. The van der Waals surface area contributed by atoms with Gasteiger partial charge in [0.25, 0.3) is 0 Å². The van der Waals surface area contributed by atoms with E-state index in [1.54, 1.807) is 0 Å². The lowest BCUT2D eigenvalue weighted by atomic mass is 9.85. The zero-order valence-corrected chi connectivity index (χ0v) is 9.57. The number of urea groups is 1. The minimum Gasteiger partial charge on any atom is -0.369 e. The molecule has 0 radical (unpaired) electrons. The summed E-state index contributed by atoms with van der Waals surface area (Å²) >= 11 is 0. The van der Waals surface area contributed by atoms with Crippen LogP contribution in [0.3, 0.4) is 0 Å². The van der Waals surface area contributed by atoms with E-state index in [1.807, 2.05) is 5.32 Å². The third kappa shape index (κ3) is 4.81. The predicted molar refractivity (Wildman–Crippen MR) is 60.7 cm³/mol. The smallest absolute Gasteiger partial charge is 0.318 e. The maximum absolute atomic E-state index is 11.1. The highest BCUT2D eigenvalue weighted by Gasteiger charge is 2.24. The summed E-state index contributed by atoms with van der Waals surface area (Å²) in [5, 5.41) is 4.99. The molecule has 7 nitrogen and oxygen atoms in total. The summed E-state index contributed by atoms with van der Waals surface area (Å²) in [5.41, 5.74) is 10.0. The number of rotatable bonds is 4. The summed E-state index contributed by atoms with van der Waals surface area (Å²) in [6.07, 6.45) is 3.09. The fraction of sp³-hybridized carbons (Fsp3) is 0.700. The van der Waals surface area contributed by atoms with Crippen molar-refractivity contribution in [1.82, 2.24) is 10.6 Å². The summed E-state index contributed by atoms with van der Waals surface area (Å²) in [7, 11) is 0. The molecule has 0 bridgehead atoms. The van der Waals surface area contributed by atoms with E-state index in [9.17, 15) is 14.4 Å². The van der Waals surface area contributed by atoms with Gasteiger partial charge >= 0.3 is 6.03 Å². The number of nitrogens with one attached hydrogen (secondary N) is 2. The Bertz CT molecular complexity index is 311. The third-order valence-corrected chi connectivity index (χ3v) is 2.94. The van der Waals surface area contributed by atoms with Gasteiger partial charge in [0, 0.05) is 12.0 Å². The van der Waals surface area contributed by atoms with Crippen LogP contribution in [0.5, 0.6) is 0 Å². The first kappa shape index (κ1) is 13.4. The van der Waals surface area contributed by atoms with E-state index in [2.05, 4.69) is 5.32 Å². The van der Waals surface area contributed by atoms with E-state index >= 15 is 0 Å². The van der Waals surface area contributed by atoms with Crippen LogP contribution in [-0.4, -0.2) is 30.4 Å². The number of amides is 4. The molecule has 0 saturated heterocycles. The van der Waals surface area contributed by atoms with Crippen molar-refractivity contribution >= 4 is 17.8 Å². The fourth-order valence-corrected chi connectivity index (χ4v) is 2.00. The molecule has 0 unspecified atom stereocenters. The molecule has 0 aromatic heterocycles. The van der Waals surface area contributed by atoms with Crippen LogP contribution < -0.4 is 22.1 Å². The molecule has 17 heavy (non-hydrogen) atoms. The monoisotopic (exact) mass is 242 g/mol. The number of imide groups is 1. The van der Waals surface area contributed by atoms with Gasteiger partial charge in [0.2, 0.25) is 11.8 Å². The molecule has 0 atom stereocenters. The molecule has 6 N–H and O–H groups in total. The fourth-order valence-electron chi connectivity index (χ4n) is 2.00. The zero-order chi connectivity index (χ0) is 12.8. The van der Waals surface area contributed by atoms with Crippen molar-refractivity contribution in [3.05, 3.63) is 0 Å². The van der Waals surface area contributed by atoms with Gasteiger partial charge in [0.1, 0.15) is 0 Å². The van der Waals surface area contributed by atoms with Crippen molar-refractivity contribution in [2.24, 2.45) is 17.4 Å². The summed E-state index contributed by atoms with van der Waals surface area (Å²) in [4.78, 5) is 32.4. The van der Waals surface area contributed by atoms with Gasteiger partial charge in [-0.15, -0.1) is 0 Å². The molecule has 0 heterocycles. The molecule has 0 spiro atoms. The Morgan fingerprint density at radius 3 is 2.12 bits per heavy atom. The summed E-state index contributed by atoms with van der Waals surface area (Å²) < 4.78 is 0. The number of carbonyl (C=O) groups excluding carboxylic acids is 3. The molecule has 1 aliphatic carbocycles. The molecule has 1 fully saturated rings. The molecule has 0 aromatic carbocycles. The zero-order valence-electron chi connectivity index (χ0n) is 9.57. The van der Waals surface area contributed by atoms with E-state index in [4.69, 9.17) is 11.5 Å². The lowest BCUT2D eigenvalue weighted by Crippen LogP contribution is -2.44. The molecule has 4 amide bonds. The number of hydrogen-bond acceptors (Lipinski definition) is 4. The van der Waals surface area contributed by atoms with Crippen molar-refractivity contribution < 1.29 is 14.4 Å². The Morgan fingerprint density at radius 1 is 1.06 bits per heavy atom. The molecular formula is C10H18N4O3. The largest absolute Gasteiger partial charge is 0.369 e. The second-order valence-electron chi connectivity index (χ2n) is 4.24. The Balaban J connectivity index is 2.20. The Kier molecular flexibility index (Phi) is 4.89. The first-order valence-electron chi connectivity index (χ1n) is 5.61. The second kappa shape index (κ2) is 6.19. The summed E-state index contributed by atoms with van der Waals surface area (Å²) in [6, 6.07) is -0.668. The van der Waals surface area contributed by atoms with Gasteiger partial charge in [-0.2, -0.15) is 0 Å². The molecule has 1 saturated carbocycles. The van der Waals surface area contributed by atoms with Gasteiger partial charge in [-0.3, -0.25) is 14.9 Å². The SMILES string of the molecule is NC(=O)NC(=O)CNC1CCC(C(N)=O)CC1. The number of carbonyl (C=O) groups is 3. The topological polar surface area (TPSA) is 127 Å². The predicted octanol–water partition coefficient (Wildman–Crippen LogP) is -1.18. The maximum Gasteiger partial charge on any atom is 0.318 e. The Labute approximate surface area is 99.3 Å². The standard InChI is InChI=1S/C10H18N4O3/c11-9(16)6-1-3-7(4-2-6)13-5-8(15)14-10(12)17/h6-7,13H,1-5H2,(H2,11,16)(H3,12,14,15,17). The van der Waals surface area contributed by atoms with Crippen molar-refractivity contribution in [2.75, 3.05) is 6.54 Å². The molecular weight excluding hydrogens is 224 g/mol. The first-order valence-corrected chi connectivity index (χ1v) is 5.61. The van der Waals surface area contributed by atoms with E-state index in [0.717, 1.165) is 25.7 Å². The first-order chi connectivity index (χ1) is 7.99. The van der Waals surface area contributed by atoms with E-state index in [-0.39, 0.29) is 24.4 Å². The maximum atomic E-state index is 11.1. The summed E-state index contributed by atoms with van der Waals surface area (Å²) in [5.74, 6) is -0.753. The third-order valence-electron chi connectivity index (χ3n) is 2.94. The van der Waals surface area contributed by atoms with Crippen LogP contribution in [-0.2, 0) is 9.59 Å². The number of nitrogens with two attached hydrogens (primary N) is 2. The molecule has 1 rings (SSSR count). The summed E-state index contributed by atoms with van der Waals surface area (Å²) in [6.45, 7) is 0.0504. The van der Waals surface area contributed by atoms with Gasteiger partial charge in [0.15, 0.2) is 0 Å². The average molecular weight is 242 g/mol. The van der Waals surface area contributed by atoms with Crippen LogP contribution in [0.25, 0.3) is 0 Å². The van der Waals surface area contributed by atoms with Crippen LogP contribution in [0.1, 0.15) is 25.7 Å². The lowest BCUT2D eigenvalue weighted by molar-refractivity contribution is -0.123. The van der Waals surface area contributed by atoms with Crippen molar-refractivity contribution in [3.63, 3.8) is 0 Å². The van der Waals surface area contributed by atoms with Crippen LogP contribution in [0, 0.1) is 5.92 Å². The molecule has 0 aromatic rings. The van der Waals surface area contributed by atoms with Gasteiger partial charge in [-0.25, -0.2) is 4.79 Å². The van der Waals surface area contributed by atoms with Gasteiger partial charge in [-0.05, 0) is 25.7 Å².